The third-order valence-corrected chi connectivity index (χ3v) is 5.42. The largest absolute Gasteiger partial charge is 0.497 e. The van der Waals surface area contributed by atoms with Gasteiger partial charge in [-0.3, -0.25) is 14.7 Å². The number of hydrogen-bond acceptors (Lipinski definition) is 5. The van der Waals surface area contributed by atoms with Crippen molar-refractivity contribution in [2.24, 2.45) is 0 Å². The van der Waals surface area contributed by atoms with Crippen LogP contribution in [0.15, 0.2) is 54.6 Å². The monoisotopic (exact) mass is 405 g/mol. The van der Waals surface area contributed by atoms with Gasteiger partial charge >= 0.3 is 0 Å². The van der Waals surface area contributed by atoms with Crippen LogP contribution < -0.4 is 10.1 Å². The van der Waals surface area contributed by atoms with Crippen LogP contribution in [0.3, 0.4) is 0 Å². The van der Waals surface area contributed by atoms with Crippen molar-refractivity contribution in [3.8, 4) is 5.75 Å². The number of nitrogens with one attached hydrogen (secondary N) is 1. The number of fused-ring (bicyclic) bond motifs is 1. The molecule has 6 nitrogen and oxygen atoms in total. The normalized spacial score (nSPS) is 17.1. The molecule has 1 aliphatic heterocycles. The summed E-state index contributed by atoms with van der Waals surface area (Å²) in [4.78, 5) is 19.7. The van der Waals surface area contributed by atoms with Gasteiger partial charge in [-0.25, -0.2) is 0 Å². The maximum absolute atomic E-state index is 12.8. The number of morpholine rings is 1. The third-order valence-electron chi connectivity index (χ3n) is 5.42. The number of hydrogen-bond donors (Lipinski definition) is 1. The summed E-state index contributed by atoms with van der Waals surface area (Å²) in [5.41, 5.74) is 3.39. The first-order valence-corrected chi connectivity index (χ1v) is 10.2. The first kappa shape index (κ1) is 20.3. The Morgan fingerprint density at radius 3 is 2.87 bits per heavy atom. The Kier molecular flexibility index (Phi) is 6.26. The van der Waals surface area contributed by atoms with E-state index in [4.69, 9.17) is 9.47 Å². The van der Waals surface area contributed by atoms with E-state index in [9.17, 15) is 4.79 Å². The van der Waals surface area contributed by atoms with Gasteiger partial charge in [-0.05, 0) is 30.7 Å². The molecule has 0 unspecified atom stereocenters. The minimum Gasteiger partial charge on any atom is -0.497 e. The lowest BCUT2D eigenvalue weighted by atomic mass is 10.1. The van der Waals surface area contributed by atoms with Crippen molar-refractivity contribution in [2.75, 3.05) is 33.4 Å². The lowest BCUT2D eigenvalue weighted by Crippen LogP contribution is -2.47. The minimum absolute atomic E-state index is 0.0237. The molecule has 2 aromatic carbocycles. The highest BCUT2D eigenvalue weighted by Gasteiger charge is 2.22. The lowest BCUT2D eigenvalue weighted by molar-refractivity contribution is -0.0292. The SMILES string of the molecule is COc1ccc2cc(C(=O)NC[C@H]3CN(Cc4ccccc4)CCO3)c(C)nc2c1. The van der Waals surface area contributed by atoms with Crippen LogP contribution in [0.4, 0.5) is 0 Å². The second-order valence-corrected chi connectivity index (χ2v) is 7.60. The minimum atomic E-state index is -0.124. The van der Waals surface area contributed by atoms with Crippen LogP contribution in [0.1, 0.15) is 21.6 Å². The van der Waals surface area contributed by atoms with Crippen LogP contribution in [0.2, 0.25) is 0 Å². The molecule has 1 aliphatic rings. The summed E-state index contributed by atoms with van der Waals surface area (Å²) < 4.78 is 11.1. The van der Waals surface area contributed by atoms with Gasteiger partial charge in [0, 0.05) is 37.6 Å². The number of carbonyl (C=O) groups excluding carboxylic acids is 1. The Hall–Kier alpha value is -2.96. The first-order valence-electron chi connectivity index (χ1n) is 10.2. The summed E-state index contributed by atoms with van der Waals surface area (Å²) in [6.07, 6.45) is -0.0237. The highest BCUT2D eigenvalue weighted by Crippen LogP contribution is 2.21. The highest BCUT2D eigenvalue weighted by molar-refractivity contribution is 5.98. The molecule has 0 saturated carbocycles. The smallest absolute Gasteiger partial charge is 0.253 e. The van der Waals surface area contributed by atoms with Crippen molar-refractivity contribution in [3.05, 3.63) is 71.4 Å². The maximum Gasteiger partial charge on any atom is 0.253 e. The van der Waals surface area contributed by atoms with E-state index in [0.29, 0.717) is 24.4 Å². The number of rotatable bonds is 6. The van der Waals surface area contributed by atoms with Crippen LogP contribution in [-0.4, -0.2) is 55.2 Å². The molecule has 1 fully saturated rings. The quantitative estimate of drug-likeness (QED) is 0.682. The summed E-state index contributed by atoms with van der Waals surface area (Å²) in [5.74, 6) is 0.627. The zero-order valence-corrected chi connectivity index (χ0v) is 17.4. The summed E-state index contributed by atoms with van der Waals surface area (Å²) in [5, 5.41) is 3.94. The van der Waals surface area contributed by atoms with Gasteiger partial charge in [0.15, 0.2) is 0 Å². The van der Waals surface area contributed by atoms with E-state index in [1.54, 1.807) is 7.11 Å². The fraction of sp³-hybridized carbons (Fsp3) is 0.333. The summed E-state index contributed by atoms with van der Waals surface area (Å²) in [6.45, 7) is 5.59. The van der Waals surface area contributed by atoms with Crippen LogP contribution in [0, 0.1) is 6.92 Å². The summed E-state index contributed by atoms with van der Waals surface area (Å²) >= 11 is 0. The van der Waals surface area contributed by atoms with Gasteiger partial charge in [0.1, 0.15) is 5.75 Å². The second kappa shape index (κ2) is 9.24. The number of aryl methyl sites for hydroxylation is 1. The molecule has 0 radical (unpaired) electrons. The van der Waals surface area contributed by atoms with E-state index < -0.39 is 0 Å². The van der Waals surface area contributed by atoms with Crippen molar-refractivity contribution in [1.29, 1.82) is 0 Å². The second-order valence-electron chi connectivity index (χ2n) is 7.60. The Labute approximate surface area is 176 Å². The number of amides is 1. The van der Waals surface area contributed by atoms with Crippen molar-refractivity contribution < 1.29 is 14.3 Å². The molecule has 156 valence electrons. The number of carbonyl (C=O) groups is 1. The Bertz CT molecular complexity index is 1020. The lowest BCUT2D eigenvalue weighted by Gasteiger charge is -2.33. The maximum atomic E-state index is 12.8. The Morgan fingerprint density at radius 1 is 1.23 bits per heavy atom. The number of aromatic nitrogens is 1. The zero-order chi connectivity index (χ0) is 20.9. The Balaban J connectivity index is 1.37. The molecule has 1 saturated heterocycles. The summed E-state index contributed by atoms with van der Waals surface area (Å²) in [7, 11) is 1.63. The van der Waals surface area contributed by atoms with E-state index >= 15 is 0 Å². The topological polar surface area (TPSA) is 63.7 Å². The van der Waals surface area contributed by atoms with E-state index in [0.717, 1.165) is 36.3 Å². The van der Waals surface area contributed by atoms with E-state index in [-0.39, 0.29) is 12.0 Å². The molecule has 2 heterocycles. The molecular weight excluding hydrogens is 378 g/mol. The van der Waals surface area contributed by atoms with Gasteiger partial charge in [-0.2, -0.15) is 0 Å². The van der Waals surface area contributed by atoms with Crippen LogP contribution in [0.5, 0.6) is 5.75 Å². The van der Waals surface area contributed by atoms with Gasteiger partial charge < -0.3 is 14.8 Å². The number of pyridine rings is 1. The highest BCUT2D eigenvalue weighted by atomic mass is 16.5. The van der Waals surface area contributed by atoms with Crippen molar-refractivity contribution >= 4 is 16.8 Å². The fourth-order valence-electron chi connectivity index (χ4n) is 3.79. The average molecular weight is 405 g/mol. The zero-order valence-electron chi connectivity index (χ0n) is 17.4. The molecule has 1 atom stereocenters. The standard InChI is InChI=1S/C24H27N3O3/c1-17-22(12-19-8-9-20(29-2)13-23(19)26-17)24(28)25-14-21-16-27(10-11-30-21)15-18-6-4-3-5-7-18/h3-9,12-13,21H,10-11,14-16H2,1-2H3,(H,25,28)/t21-/m0/s1. The van der Waals surface area contributed by atoms with E-state index in [1.165, 1.54) is 5.56 Å². The molecule has 6 heteroatoms. The Morgan fingerprint density at radius 2 is 2.07 bits per heavy atom. The molecule has 30 heavy (non-hydrogen) atoms. The first-order chi connectivity index (χ1) is 14.6. The van der Waals surface area contributed by atoms with Gasteiger partial charge in [0.05, 0.1) is 36.6 Å². The third kappa shape index (κ3) is 4.78. The number of benzene rings is 2. The molecular formula is C24H27N3O3. The predicted octanol–water partition coefficient (Wildman–Crippen LogP) is 3.18. The van der Waals surface area contributed by atoms with Gasteiger partial charge in [0.25, 0.3) is 5.91 Å². The van der Waals surface area contributed by atoms with Crippen LogP contribution in [0.25, 0.3) is 10.9 Å². The van der Waals surface area contributed by atoms with Crippen LogP contribution in [-0.2, 0) is 11.3 Å². The molecule has 3 aromatic rings. The predicted molar refractivity (Wildman–Crippen MR) is 117 cm³/mol. The number of nitrogens with zero attached hydrogens (tertiary/aromatic N) is 2. The van der Waals surface area contributed by atoms with Crippen LogP contribution >= 0.6 is 0 Å². The number of methoxy groups -OCH3 is 1. The fourth-order valence-corrected chi connectivity index (χ4v) is 3.79. The van der Waals surface area contributed by atoms with Crippen molar-refractivity contribution in [2.45, 2.75) is 19.6 Å². The van der Waals surface area contributed by atoms with Gasteiger partial charge in [-0.1, -0.05) is 30.3 Å². The summed E-state index contributed by atoms with van der Waals surface area (Å²) in [6, 6.07) is 18.0. The number of ether oxygens (including phenoxy) is 2. The molecule has 1 N–H and O–H groups in total. The molecule has 4 rings (SSSR count). The molecule has 0 aliphatic carbocycles. The van der Waals surface area contributed by atoms with E-state index in [1.807, 2.05) is 37.3 Å². The van der Waals surface area contributed by atoms with Gasteiger partial charge in [0.2, 0.25) is 0 Å². The van der Waals surface area contributed by atoms with Crippen molar-refractivity contribution in [3.63, 3.8) is 0 Å². The molecule has 0 bridgehead atoms. The molecule has 1 amide bonds. The average Bonchev–Trinajstić information content (AvgIpc) is 2.77. The molecule has 1 aromatic heterocycles. The van der Waals surface area contributed by atoms with Crippen molar-refractivity contribution in [1.82, 2.24) is 15.2 Å². The van der Waals surface area contributed by atoms with E-state index in [2.05, 4.69) is 39.5 Å². The van der Waals surface area contributed by atoms with Gasteiger partial charge in [-0.15, -0.1) is 0 Å². The molecule has 0 spiro atoms.